The number of likely N-dealkylation sites (tertiary alicyclic amines) is 2. The molecule has 2 N–H and O–H groups in total. The summed E-state index contributed by atoms with van der Waals surface area (Å²) in [6, 6.07) is 19.0. The van der Waals surface area contributed by atoms with Gasteiger partial charge in [-0.2, -0.15) is 5.26 Å². The number of ether oxygens (including phenoxy) is 3. The second-order valence-corrected chi connectivity index (χ2v) is 15.1. The van der Waals surface area contributed by atoms with Crippen molar-refractivity contribution in [1.29, 1.82) is 5.26 Å². The number of nitrogens with zero attached hydrogens (tertiary/aromatic N) is 4. The summed E-state index contributed by atoms with van der Waals surface area (Å²) in [7, 11) is 0. The third-order valence-electron chi connectivity index (χ3n) is 10.9. The van der Waals surface area contributed by atoms with Gasteiger partial charge in [-0.25, -0.2) is 0 Å². The molecular formula is C44H49ClN4O7. The predicted molar refractivity (Wildman–Crippen MR) is 213 cm³/mol. The molecule has 294 valence electrons. The number of carboxylic acids is 2. The zero-order valence-electron chi connectivity index (χ0n) is 32.0. The molecule has 6 rings (SSSR count). The fourth-order valence-corrected chi connectivity index (χ4v) is 7.88. The largest absolute Gasteiger partial charge is 0.493 e. The quantitative estimate of drug-likeness (QED) is 0.107. The van der Waals surface area contributed by atoms with Gasteiger partial charge in [0, 0.05) is 42.7 Å². The number of halogens is 1. The van der Waals surface area contributed by atoms with Crippen molar-refractivity contribution in [3.05, 3.63) is 105 Å². The number of nitriles is 1. The first-order chi connectivity index (χ1) is 27.1. The topological polar surface area (TPSA) is 145 Å². The van der Waals surface area contributed by atoms with Crippen molar-refractivity contribution in [2.45, 2.75) is 78.2 Å². The highest BCUT2D eigenvalue weighted by Gasteiger charge is 2.29. The lowest BCUT2D eigenvalue weighted by molar-refractivity contribution is -0.145. The molecule has 2 fully saturated rings. The summed E-state index contributed by atoms with van der Waals surface area (Å²) in [5.41, 5.74) is 7.14. The summed E-state index contributed by atoms with van der Waals surface area (Å²) in [6.07, 6.45) is 7.76. The third kappa shape index (κ3) is 10.2. The number of pyridine rings is 1. The van der Waals surface area contributed by atoms with Crippen molar-refractivity contribution in [3.8, 4) is 34.4 Å². The third-order valence-corrected chi connectivity index (χ3v) is 11.2. The molecule has 0 radical (unpaired) electrons. The predicted octanol–water partition coefficient (Wildman–Crippen LogP) is 8.05. The number of carboxylic acid groups (broad SMARTS) is 2. The van der Waals surface area contributed by atoms with E-state index in [9.17, 15) is 25.1 Å². The van der Waals surface area contributed by atoms with Crippen LogP contribution in [0.1, 0.15) is 71.9 Å². The molecular weight excluding hydrogens is 732 g/mol. The van der Waals surface area contributed by atoms with Gasteiger partial charge in [-0.1, -0.05) is 48.4 Å². The lowest BCUT2D eigenvalue weighted by Gasteiger charge is -2.33. The smallest absolute Gasteiger partial charge is 0.320 e. The van der Waals surface area contributed by atoms with E-state index in [1.807, 2.05) is 29.2 Å². The maximum absolute atomic E-state index is 12.1. The Bertz CT molecular complexity index is 2060. The minimum Gasteiger partial charge on any atom is -0.493 e. The Labute approximate surface area is 333 Å². The molecule has 0 unspecified atom stereocenters. The average Bonchev–Trinajstić information content (AvgIpc) is 3.20. The van der Waals surface area contributed by atoms with Crippen LogP contribution in [0.15, 0.2) is 67.0 Å². The Kier molecular flexibility index (Phi) is 13.8. The second-order valence-electron chi connectivity index (χ2n) is 14.7. The van der Waals surface area contributed by atoms with E-state index < -0.39 is 18.0 Å². The van der Waals surface area contributed by atoms with Crippen molar-refractivity contribution in [2.75, 3.05) is 32.8 Å². The van der Waals surface area contributed by atoms with Crippen LogP contribution < -0.4 is 14.2 Å². The van der Waals surface area contributed by atoms with Crippen molar-refractivity contribution in [3.63, 3.8) is 0 Å². The molecule has 3 heterocycles. The van der Waals surface area contributed by atoms with Crippen molar-refractivity contribution in [1.82, 2.24) is 14.8 Å². The molecule has 3 aromatic carbocycles. The van der Waals surface area contributed by atoms with Crippen LogP contribution in [0.2, 0.25) is 5.02 Å². The van der Waals surface area contributed by atoms with E-state index in [0.29, 0.717) is 61.0 Å². The Hall–Kier alpha value is -5.15. The van der Waals surface area contributed by atoms with Gasteiger partial charge in [0.25, 0.3) is 0 Å². The number of hydrogen-bond acceptors (Lipinski definition) is 9. The van der Waals surface area contributed by atoms with Gasteiger partial charge in [-0.05, 0) is 112 Å². The lowest BCUT2D eigenvalue weighted by Crippen LogP contribution is -2.44. The van der Waals surface area contributed by atoms with Crippen LogP contribution in [-0.2, 0) is 29.3 Å². The molecule has 0 aliphatic carbocycles. The molecule has 4 aromatic rings. The van der Waals surface area contributed by atoms with Gasteiger partial charge in [0.15, 0.2) is 0 Å². The molecule has 0 saturated carbocycles. The van der Waals surface area contributed by atoms with Crippen LogP contribution in [0.25, 0.3) is 11.1 Å². The fraction of sp³-hybridized carbons (Fsp3) is 0.409. The van der Waals surface area contributed by atoms with Gasteiger partial charge >= 0.3 is 11.9 Å². The van der Waals surface area contributed by atoms with Crippen LogP contribution in [0.3, 0.4) is 0 Å². The highest BCUT2D eigenvalue weighted by molar-refractivity contribution is 6.32. The maximum atomic E-state index is 12.1. The van der Waals surface area contributed by atoms with Gasteiger partial charge in [0.2, 0.25) is 0 Å². The van der Waals surface area contributed by atoms with Crippen molar-refractivity contribution in [2.24, 2.45) is 5.92 Å². The monoisotopic (exact) mass is 780 g/mol. The van der Waals surface area contributed by atoms with Crippen molar-refractivity contribution >= 4 is 23.5 Å². The summed E-state index contributed by atoms with van der Waals surface area (Å²) < 4.78 is 19.0. The lowest BCUT2D eigenvalue weighted by atomic mass is 9.93. The number of aromatic nitrogens is 1. The first-order valence-corrected chi connectivity index (χ1v) is 19.6. The summed E-state index contributed by atoms with van der Waals surface area (Å²) in [6.45, 7) is 8.61. The van der Waals surface area contributed by atoms with Crippen LogP contribution in [0, 0.1) is 31.1 Å². The van der Waals surface area contributed by atoms with Gasteiger partial charge in [0.1, 0.15) is 42.6 Å². The zero-order valence-corrected chi connectivity index (χ0v) is 32.8. The molecule has 2 aliphatic heterocycles. The van der Waals surface area contributed by atoms with E-state index in [1.54, 1.807) is 24.4 Å². The molecule has 0 bridgehead atoms. The van der Waals surface area contributed by atoms with Gasteiger partial charge < -0.3 is 29.3 Å². The number of carbonyl (C=O) groups is 2. The summed E-state index contributed by atoms with van der Waals surface area (Å²) in [5, 5.41) is 28.9. The average molecular weight is 781 g/mol. The van der Waals surface area contributed by atoms with E-state index in [1.165, 1.54) is 6.20 Å². The Morgan fingerprint density at radius 3 is 2.34 bits per heavy atom. The Balaban J connectivity index is 1.15. The molecule has 12 heteroatoms. The zero-order chi connectivity index (χ0) is 39.6. The molecule has 11 nitrogen and oxygen atoms in total. The molecule has 0 spiro atoms. The first kappa shape index (κ1) is 40.5. The van der Waals surface area contributed by atoms with E-state index in [2.05, 4.69) is 41.9 Å². The molecule has 2 saturated heterocycles. The SMILES string of the molecule is Cc1c(COc2cc(OCc3cncc(C#N)c3)c(CN3CCCC[C@H]3C(=O)O)cc2Cl)cccc1-c1cccc(OCCCN2CCC(C(=O)O)CC2)c1C. The molecule has 2 aliphatic rings. The normalized spacial score (nSPS) is 16.6. The van der Waals surface area contributed by atoms with Crippen LogP contribution >= 0.6 is 11.6 Å². The van der Waals surface area contributed by atoms with Gasteiger partial charge in [-0.15, -0.1) is 0 Å². The summed E-state index contributed by atoms with van der Waals surface area (Å²) in [5.74, 6) is 0.0277. The van der Waals surface area contributed by atoms with Gasteiger partial charge in [0.05, 0.1) is 23.1 Å². The Morgan fingerprint density at radius 2 is 1.59 bits per heavy atom. The number of aliphatic carboxylic acids is 2. The van der Waals surface area contributed by atoms with Crippen LogP contribution in [0.4, 0.5) is 0 Å². The number of hydrogen-bond donors (Lipinski definition) is 2. The minimum atomic E-state index is -0.840. The number of piperidine rings is 2. The van der Waals surface area contributed by atoms with Gasteiger partial charge in [-0.3, -0.25) is 19.5 Å². The maximum Gasteiger partial charge on any atom is 0.320 e. The second kappa shape index (κ2) is 19.1. The van der Waals surface area contributed by atoms with Crippen LogP contribution in [0.5, 0.6) is 17.2 Å². The van der Waals surface area contributed by atoms with Crippen LogP contribution in [-0.4, -0.2) is 75.8 Å². The molecule has 1 atom stereocenters. The number of benzene rings is 3. The van der Waals surface area contributed by atoms with E-state index in [4.69, 9.17) is 25.8 Å². The van der Waals surface area contributed by atoms with Crippen molar-refractivity contribution < 1.29 is 34.0 Å². The standard InChI is InChI=1S/C44H49ClN4O7/c1-29-34(8-5-9-36(29)37-10-6-12-40(30(37)2)54-19-7-15-48-17-13-33(14-18-48)43(50)51)28-56-42-22-41(55-27-32-20-31(23-46)24-47-25-32)35(21-38(42)45)26-49-16-4-3-11-39(49)44(52)53/h5-6,8-10,12,20-22,24-25,33,39H,3-4,7,11,13-19,26-28H2,1-2H3,(H,50,51)(H,52,53)/t39-/m0/s1. The minimum absolute atomic E-state index is 0.148. The molecule has 1 aromatic heterocycles. The molecule has 0 amide bonds. The van der Waals surface area contributed by atoms with E-state index >= 15 is 0 Å². The summed E-state index contributed by atoms with van der Waals surface area (Å²) >= 11 is 6.86. The Morgan fingerprint density at radius 1 is 0.839 bits per heavy atom. The highest BCUT2D eigenvalue weighted by Crippen LogP contribution is 2.37. The molecule has 56 heavy (non-hydrogen) atoms. The first-order valence-electron chi connectivity index (χ1n) is 19.3. The summed E-state index contributed by atoms with van der Waals surface area (Å²) in [4.78, 5) is 31.8. The number of rotatable bonds is 16. The fourth-order valence-electron chi connectivity index (χ4n) is 7.64. The highest BCUT2D eigenvalue weighted by atomic mass is 35.5. The van der Waals surface area contributed by atoms with E-state index in [-0.39, 0.29) is 19.1 Å². The van der Waals surface area contributed by atoms with E-state index in [0.717, 1.165) is 83.6 Å².